The van der Waals surface area contributed by atoms with Crippen molar-refractivity contribution in [3.05, 3.63) is 53.6 Å². The number of hydrogen-bond donors (Lipinski definition) is 1. The molecule has 160 valence electrons. The Morgan fingerprint density at radius 2 is 2.00 bits per heavy atom. The Morgan fingerprint density at radius 3 is 2.81 bits per heavy atom. The Kier molecular flexibility index (Phi) is 6.23. The molecule has 1 N–H and O–H groups in total. The van der Waals surface area contributed by atoms with Crippen LogP contribution < -0.4 is 14.8 Å². The number of amides is 2. The van der Waals surface area contributed by atoms with E-state index in [0.29, 0.717) is 43.4 Å². The highest BCUT2D eigenvalue weighted by Crippen LogP contribution is 2.28. The van der Waals surface area contributed by atoms with Crippen molar-refractivity contribution in [1.82, 2.24) is 4.90 Å². The number of methoxy groups -OCH3 is 1. The van der Waals surface area contributed by atoms with Gasteiger partial charge in [0.2, 0.25) is 0 Å². The van der Waals surface area contributed by atoms with Crippen LogP contribution >= 0.6 is 0 Å². The van der Waals surface area contributed by atoms with Crippen LogP contribution in [0.2, 0.25) is 0 Å². The molecule has 2 aliphatic heterocycles. The van der Waals surface area contributed by atoms with Gasteiger partial charge < -0.3 is 24.4 Å². The quantitative estimate of drug-likeness (QED) is 0.564. The SMILES string of the molecule is COc1cc(C=NN=C2C(=O)Nc3ccccc32)ccc1OCC(=O)N1CCOCC1. The van der Waals surface area contributed by atoms with Crippen molar-refractivity contribution in [1.29, 1.82) is 0 Å². The summed E-state index contributed by atoms with van der Waals surface area (Å²) in [6, 6.07) is 12.5. The standard InChI is InChI=1S/C22H22N4O5/c1-29-19-12-15(6-7-18(19)31-14-20(27)26-8-10-30-11-9-26)13-23-25-21-16-4-2-3-5-17(16)24-22(21)28/h2-7,12-13H,8-11,14H2,1H3,(H,24,25,28). The molecule has 2 amide bonds. The van der Waals surface area contributed by atoms with Crippen molar-refractivity contribution in [2.45, 2.75) is 0 Å². The van der Waals surface area contributed by atoms with E-state index < -0.39 is 0 Å². The molecule has 0 atom stereocenters. The van der Waals surface area contributed by atoms with E-state index in [1.165, 1.54) is 13.3 Å². The van der Waals surface area contributed by atoms with Gasteiger partial charge in [-0.3, -0.25) is 9.59 Å². The summed E-state index contributed by atoms with van der Waals surface area (Å²) in [5.74, 6) is 0.540. The maximum atomic E-state index is 12.3. The molecule has 0 bridgehead atoms. The van der Waals surface area contributed by atoms with Gasteiger partial charge in [-0.2, -0.15) is 5.10 Å². The Hall–Kier alpha value is -3.72. The number of benzene rings is 2. The number of fused-ring (bicyclic) bond motifs is 1. The van der Waals surface area contributed by atoms with Gasteiger partial charge in [-0.1, -0.05) is 18.2 Å². The molecule has 1 saturated heterocycles. The first kappa shape index (κ1) is 20.5. The molecule has 2 heterocycles. The van der Waals surface area contributed by atoms with Crippen molar-refractivity contribution in [2.24, 2.45) is 10.2 Å². The molecule has 9 nitrogen and oxygen atoms in total. The Morgan fingerprint density at radius 1 is 1.19 bits per heavy atom. The highest BCUT2D eigenvalue weighted by molar-refractivity contribution is 6.53. The van der Waals surface area contributed by atoms with Crippen LogP contribution in [0.5, 0.6) is 11.5 Å². The maximum absolute atomic E-state index is 12.3. The van der Waals surface area contributed by atoms with Gasteiger partial charge in [0.05, 0.1) is 32.2 Å². The third kappa shape index (κ3) is 4.72. The predicted octanol–water partition coefficient (Wildman–Crippen LogP) is 1.71. The van der Waals surface area contributed by atoms with Gasteiger partial charge in [0, 0.05) is 18.7 Å². The topological polar surface area (TPSA) is 102 Å². The number of hydrogen-bond acceptors (Lipinski definition) is 7. The van der Waals surface area contributed by atoms with Crippen LogP contribution in [0.4, 0.5) is 5.69 Å². The molecule has 0 saturated carbocycles. The van der Waals surface area contributed by atoms with Crippen molar-refractivity contribution < 1.29 is 23.8 Å². The fraction of sp³-hybridized carbons (Fsp3) is 0.273. The lowest BCUT2D eigenvalue weighted by Gasteiger charge is -2.26. The average Bonchev–Trinajstić information content (AvgIpc) is 3.13. The van der Waals surface area contributed by atoms with Crippen LogP contribution in [0.25, 0.3) is 0 Å². The molecule has 0 aliphatic carbocycles. The fourth-order valence-corrected chi connectivity index (χ4v) is 3.28. The van der Waals surface area contributed by atoms with Crippen molar-refractivity contribution in [3.8, 4) is 11.5 Å². The summed E-state index contributed by atoms with van der Waals surface area (Å²) in [7, 11) is 1.52. The van der Waals surface area contributed by atoms with Crippen molar-refractivity contribution in [3.63, 3.8) is 0 Å². The molecule has 0 radical (unpaired) electrons. The van der Waals surface area contributed by atoms with Crippen molar-refractivity contribution in [2.75, 3.05) is 45.3 Å². The number of para-hydroxylation sites is 1. The Balaban J connectivity index is 1.42. The van der Waals surface area contributed by atoms with Crippen LogP contribution in [0.3, 0.4) is 0 Å². The second-order valence-corrected chi connectivity index (χ2v) is 6.89. The average molecular weight is 422 g/mol. The summed E-state index contributed by atoms with van der Waals surface area (Å²) < 4.78 is 16.3. The van der Waals surface area contributed by atoms with E-state index >= 15 is 0 Å². The van der Waals surface area contributed by atoms with Gasteiger partial charge in [-0.25, -0.2) is 0 Å². The predicted molar refractivity (Wildman–Crippen MR) is 115 cm³/mol. The first-order valence-electron chi connectivity index (χ1n) is 9.84. The summed E-state index contributed by atoms with van der Waals surface area (Å²) in [5.41, 5.74) is 2.41. The molecule has 4 rings (SSSR count). The first-order valence-corrected chi connectivity index (χ1v) is 9.84. The lowest BCUT2D eigenvalue weighted by Crippen LogP contribution is -2.43. The summed E-state index contributed by atoms with van der Waals surface area (Å²) in [5, 5.41) is 10.9. The zero-order valence-corrected chi connectivity index (χ0v) is 17.0. The van der Waals surface area contributed by atoms with Gasteiger partial charge in [-0.15, -0.1) is 5.10 Å². The number of carbonyl (C=O) groups excluding carboxylic acids is 2. The molecule has 31 heavy (non-hydrogen) atoms. The van der Waals surface area contributed by atoms with Crippen molar-refractivity contribution >= 4 is 29.4 Å². The van der Waals surface area contributed by atoms with Gasteiger partial charge in [-0.05, 0) is 29.8 Å². The highest BCUT2D eigenvalue weighted by atomic mass is 16.5. The first-order chi connectivity index (χ1) is 15.2. The van der Waals surface area contributed by atoms with E-state index in [1.54, 1.807) is 23.1 Å². The molecule has 2 aliphatic rings. The smallest absolute Gasteiger partial charge is 0.276 e. The van der Waals surface area contributed by atoms with Gasteiger partial charge in [0.25, 0.3) is 11.8 Å². The second kappa shape index (κ2) is 9.40. The third-order valence-electron chi connectivity index (χ3n) is 4.91. The largest absolute Gasteiger partial charge is 0.493 e. The molecule has 2 aromatic carbocycles. The number of nitrogens with zero attached hydrogens (tertiary/aromatic N) is 3. The van der Waals surface area contributed by atoms with E-state index in [0.717, 1.165) is 11.3 Å². The lowest BCUT2D eigenvalue weighted by atomic mass is 10.1. The molecular weight excluding hydrogens is 400 g/mol. The number of ether oxygens (including phenoxy) is 3. The van der Waals surface area contributed by atoms with Gasteiger partial charge in [0.15, 0.2) is 23.8 Å². The zero-order valence-electron chi connectivity index (χ0n) is 17.0. The summed E-state index contributed by atoms with van der Waals surface area (Å²) in [6.07, 6.45) is 1.52. The minimum absolute atomic E-state index is 0.0774. The summed E-state index contributed by atoms with van der Waals surface area (Å²) >= 11 is 0. The van der Waals surface area contributed by atoms with Gasteiger partial charge in [0.1, 0.15) is 0 Å². The molecule has 0 aromatic heterocycles. The number of carbonyl (C=O) groups is 2. The van der Waals surface area contributed by atoms with Crippen LogP contribution in [0.1, 0.15) is 11.1 Å². The van der Waals surface area contributed by atoms with Gasteiger partial charge >= 0.3 is 0 Å². The highest BCUT2D eigenvalue weighted by Gasteiger charge is 2.25. The van der Waals surface area contributed by atoms with Crippen LogP contribution in [-0.4, -0.2) is 68.7 Å². The monoisotopic (exact) mass is 422 g/mol. The zero-order chi connectivity index (χ0) is 21.6. The number of rotatable bonds is 6. The Bertz CT molecular complexity index is 1040. The number of morpholine rings is 1. The minimum Gasteiger partial charge on any atom is -0.493 e. The molecule has 0 spiro atoms. The van der Waals surface area contributed by atoms with E-state index in [-0.39, 0.29) is 24.1 Å². The van der Waals surface area contributed by atoms with Crippen LogP contribution in [0.15, 0.2) is 52.7 Å². The van der Waals surface area contributed by atoms with E-state index in [1.807, 2.05) is 24.3 Å². The summed E-state index contributed by atoms with van der Waals surface area (Å²) in [4.78, 5) is 26.0. The molecular formula is C22H22N4O5. The second-order valence-electron chi connectivity index (χ2n) is 6.89. The summed E-state index contributed by atoms with van der Waals surface area (Å²) in [6.45, 7) is 2.15. The van der Waals surface area contributed by atoms with E-state index in [9.17, 15) is 9.59 Å². The minimum atomic E-state index is -0.287. The lowest BCUT2D eigenvalue weighted by molar-refractivity contribution is -0.137. The van der Waals surface area contributed by atoms with E-state index in [4.69, 9.17) is 14.2 Å². The Labute approximate surface area is 179 Å². The third-order valence-corrected chi connectivity index (χ3v) is 4.91. The normalized spacial score (nSPS) is 17.0. The molecule has 2 aromatic rings. The fourth-order valence-electron chi connectivity index (χ4n) is 3.28. The molecule has 9 heteroatoms. The maximum Gasteiger partial charge on any atom is 0.276 e. The molecule has 1 fully saturated rings. The number of anilines is 1. The van der Waals surface area contributed by atoms with Crippen LogP contribution in [0, 0.1) is 0 Å². The molecule has 0 unspecified atom stereocenters. The van der Waals surface area contributed by atoms with E-state index in [2.05, 4.69) is 15.5 Å². The number of nitrogens with one attached hydrogen (secondary N) is 1. The van der Waals surface area contributed by atoms with Crippen LogP contribution in [-0.2, 0) is 14.3 Å².